The highest BCUT2D eigenvalue weighted by Crippen LogP contribution is 2.52. The van der Waals surface area contributed by atoms with Crippen molar-refractivity contribution in [1.82, 2.24) is 4.90 Å². The summed E-state index contributed by atoms with van der Waals surface area (Å²) < 4.78 is 0. The number of hydrogen-bond donors (Lipinski definition) is 1. The Morgan fingerprint density at radius 3 is 2.64 bits per heavy atom. The van der Waals surface area contributed by atoms with Gasteiger partial charge in [0, 0.05) is 6.54 Å². The summed E-state index contributed by atoms with van der Waals surface area (Å²) in [6.45, 7) is 4.79. The van der Waals surface area contributed by atoms with Gasteiger partial charge in [0.05, 0.1) is 0 Å². The predicted molar refractivity (Wildman–Crippen MR) is 46.4 cm³/mol. The summed E-state index contributed by atoms with van der Waals surface area (Å²) in [5.41, 5.74) is 6.26. The molecule has 64 valence electrons. The molecule has 1 aliphatic heterocycles. The Morgan fingerprint density at radius 1 is 1.27 bits per heavy atom. The van der Waals surface area contributed by atoms with Gasteiger partial charge in [-0.25, -0.2) is 0 Å². The number of nitrogens with zero attached hydrogens (tertiary/aromatic N) is 1. The first-order chi connectivity index (χ1) is 5.35. The number of nitrogens with two attached hydrogens (primary N) is 1. The Hall–Kier alpha value is -0.0800. The Labute approximate surface area is 68.7 Å². The Kier molecular flexibility index (Phi) is 1.90. The number of hydrogen-bond acceptors (Lipinski definition) is 2. The molecule has 0 aromatic rings. The van der Waals surface area contributed by atoms with Gasteiger partial charge in [-0.2, -0.15) is 0 Å². The van der Waals surface area contributed by atoms with E-state index in [1.807, 2.05) is 0 Å². The zero-order chi connectivity index (χ0) is 7.73. The van der Waals surface area contributed by atoms with Crippen molar-refractivity contribution in [3.05, 3.63) is 0 Å². The van der Waals surface area contributed by atoms with E-state index < -0.39 is 0 Å². The summed E-state index contributed by atoms with van der Waals surface area (Å²) in [4.78, 5) is 2.58. The molecule has 0 aromatic carbocycles. The third-order valence-corrected chi connectivity index (χ3v) is 3.15. The smallest absolute Gasteiger partial charge is 0.00385 e. The molecule has 2 rings (SSSR count). The van der Waals surface area contributed by atoms with Gasteiger partial charge in [0.2, 0.25) is 0 Å². The van der Waals surface area contributed by atoms with Crippen LogP contribution in [0.4, 0.5) is 0 Å². The zero-order valence-electron chi connectivity index (χ0n) is 7.18. The van der Waals surface area contributed by atoms with Crippen molar-refractivity contribution < 1.29 is 0 Å². The molecule has 1 heterocycles. The van der Waals surface area contributed by atoms with Gasteiger partial charge >= 0.3 is 0 Å². The third kappa shape index (κ3) is 1.57. The first-order valence-corrected chi connectivity index (χ1v) is 4.77. The summed E-state index contributed by atoms with van der Waals surface area (Å²) >= 11 is 0. The van der Waals surface area contributed by atoms with Gasteiger partial charge in [-0.1, -0.05) is 0 Å². The SMILES string of the molecule is NCCCN1CCC2(CC2)C1. The maximum Gasteiger partial charge on any atom is 0.00385 e. The Morgan fingerprint density at radius 2 is 2.09 bits per heavy atom. The predicted octanol–water partition coefficient (Wildman–Crippen LogP) is 0.821. The molecule has 0 bridgehead atoms. The van der Waals surface area contributed by atoms with Crippen LogP contribution >= 0.6 is 0 Å². The fourth-order valence-electron chi connectivity index (χ4n) is 2.12. The molecule has 1 aliphatic carbocycles. The minimum absolute atomic E-state index is 0.800. The average Bonchev–Trinajstić information content (AvgIpc) is 2.61. The summed E-state index contributed by atoms with van der Waals surface area (Å²) in [5.74, 6) is 0. The van der Waals surface area contributed by atoms with Crippen molar-refractivity contribution in [2.75, 3.05) is 26.2 Å². The highest BCUT2D eigenvalue weighted by atomic mass is 15.2. The average molecular weight is 154 g/mol. The lowest BCUT2D eigenvalue weighted by atomic mass is 10.1. The van der Waals surface area contributed by atoms with E-state index in [1.165, 1.54) is 45.3 Å². The standard InChI is InChI=1S/C9H18N2/c10-5-1-6-11-7-4-9(8-11)2-3-9/h1-8,10H2. The second-order valence-electron chi connectivity index (χ2n) is 4.17. The molecule has 1 saturated carbocycles. The van der Waals surface area contributed by atoms with Gasteiger partial charge in [0.25, 0.3) is 0 Å². The number of rotatable bonds is 3. The molecule has 2 nitrogen and oxygen atoms in total. The summed E-state index contributed by atoms with van der Waals surface area (Å²) in [6.07, 6.45) is 5.62. The van der Waals surface area contributed by atoms with E-state index in [1.54, 1.807) is 0 Å². The molecule has 1 spiro atoms. The van der Waals surface area contributed by atoms with Crippen LogP contribution in [0.25, 0.3) is 0 Å². The van der Waals surface area contributed by atoms with Gasteiger partial charge in [0.15, 0.2) is 0 Å². The molecular weight excluding hydrogens is 136 g/mol. The van der Waals surface area contributed by atoms with Crippen LogP contribution < -0.4 is 5.73 Å². The van der Waals surface area contributed by atoms with Crippen molar-refractivity contribution in [1.29, 1.82) is 0 Å². The minimum atomic E-state index is 0.800. The first-order valence-electron chi connectivity index (χ1n) is 4.77. The van der Waals surface area contributed by atoms with Crippen molar-refractivity contribution in [3.8, 4) is 0 Å². The second kappa shape index (κ2) is 2.76. The topological polar surface area (TPSA) is 29.3 Å². The molecule has 0 amide bonds. The lowest BCUT2D eigenvalue weighted by Gasteiger charge is -2.14. The second-order valence-corrected chi connectivity index (χ2v) is 4.17. The maximum atomic E-state index is 5.46. The lowest BCUT2D eigenvalue weighted by Crippen LogP contribution is -2.24. The Balaban J connectivity index is 1.72. The largest absolute Gasteiger partial charge is 0.330 e. The van der Waals surface area contributed by atoms with E-state index in [-0.39, 0.29) is 0 Å². The molecule has 2 aliphatic rings. The lowest BCUT2D eigenvalue weighted by molar-refractivity contribution is 0.317. The molecule has 2 fully saturated rings. The fourth-order valence-corrected chi connectivity index (χ4v) is 2.12. The third-order valence-electron chi connectivity index (χ3n) is 3.15. The van der Waals surface area contributed by atoms with Crippen LogP contribution in [0.3, 0.4) is 0 Å². The zero-order valence-corrected chi connectivity index (χ0v) is 7.18. The normalized spacial score (nSPS) is 28.1. The van der Waals surface area contributed by atoms with Crippen LogP contribution in [-0.4, -0.2) is 31.1 Å². The molecule has 1 saturated heterocycles. The van der Waals surface area contributed by atoms with Crippen molar-refractivity contribution in [2.45, 2.75) is 25.7 Å². The van der Waals surface area contributed by atoms with E-state index in [4.69, 9.17) is 5.73 Å². The monoisotopic (exact) mass is 154 g/mol. The van der Waals surface area contributed by atoms with E-state index >= 15 is 0 Å². The van der Waals surface area contributed by atoms with Crippen LogP contribution in [0, 0.1) is 5.41 Å². The van der Waals surface area contributed by atoms with Gasteiger partial charge < -0.3 is 10.6 Å². The molecular formula is C9H18N2. The maximum absolute atomic E-state index is 5.46. The summed E-state index contributed by atoms with van der Waals surface area (Å²) in [5, 5.41) is 0. The minimum Gasteiger partial charge on any atom is -0.330 e. The van der Waals surface area contributed by atoms with Gasteiger partial charge in [-0.3, -0.25) is 0 Å². The summed E-state index contributed by atoms with van der Waals surface area (Å²) in [6, 6.07) is 0. The molecule has 0 atom stereocenters. The van der Waals surface area contributed by atoms with Gasteiger partial charge in [0.1, 0.15) is 0 Å². The van der Waals surface area contributed by atoms with E-state index in [0.717, 1.165) is 12.0 Å². The van der Waals surface area contributed by atoms with E-state index in [0.29, 0.717) is 0 Å². The van der Waals surface area contributed by atoms with Crippen molar-refractivity contribution in [3.63, 3.8) is 0 Å². The quantitative estimate of drug-likeness (QED) is 0.652. The number of likely N-dealkylation sites (tertiary alicyclic amines) is 1. The molecule has 0 unspecified atom stereocenters. The highest BCUT2D eigenvalue weighted by Gasteiger charge is 2.47. The van der Waals surface area contributed by atoms with Crippen LogP contribution in [-0.2, 0) is 0 Å². The van der Waals surface area contributed by atoms with Crippen molar-refractivity contribution >= 4 is 0 Å². The molecule has 0 radical (unpaired) electrons. The van der Waals surface area contributed by atoms with Crippen LogP contribution in [0.2, 0.25) is 0 Å². The summed E-state index contributed by atoms with van der Waals surface area (Å²) in [7, 11) is 0. The van der Waals surface area contributed by atoms with Crippen LogP contribution in [0.5, 0.6) is 0 Å². The molecule has 0 aromatic heterocycles. The van der Waals surface area contributed by atoms with E-state index in [9.17, 15) is 0 Å². The highest BCUT2D eigenvalue weighted by molar-refractivity contribution is 5.00. The van der Waals surface area contributed by atoms with Gasteiger partial charge in [-0.15, -0.1) is 0 Å². The molecule has 2 N–H and O–H groups in total. The fraction of sp³-hybridized carbons (Fsp3) is 1.00. The van der Waals surface area contributed by atoms with Crippen LogP contribution in [0.1, 0.15) is 25.7 Å². The first kappa shape index (κ1) is 7.56. The van der Waals surface area contributed by atoms with Gasteiger partial charge in [-0.05, 0) is 50.7 Å². The van der Waals surface area contributed by atoms with Crippen molar-refractivity contribution in [2.24, 2.45) is 11.1 Å². The molecule has 2 heteroatoms. The van der Waals surface area contributed by atoms with Crippen LogP contribution in [0.15, 0.2) is 0 Å². The molecule has 11 heavy (non-hydrogen) atoms. The Bertz CT molecular complexity index is 140. The van der Waals surface area contributed by atoms with E-state index in [2.05, 4.69) is 4.90 Å².